The van der Waals surface area contributed by atoms with Crippen LogP contribution in [0.1, 0.15) is 35.9 Å². The lowest BCUT2D eigenvalue weighted by molar-refractivity contribution is -0.117. The Kier molecular flexibility index (Phi) is 4.38. The Hall–Kier alpha value is -2.63. The number of rotatable bonds is 4. The average Bonchev–Trinajstić information content (AvgIpc) is 3.09. The van der Waals surface area contributed by atoms with Gasteiger partial charge < -0.3 is 14.7 Å². The third-order valence-corrected chi connectivity index (χ3v) is 4.43. The van der Waals surface area contributed by atoms with Crippen LogP contribution < -0.4 is 10.2 Å². The Morgan fingerprint density at radius 2 is 2.12 bits per heavy atom. The third-order valence-electron chi connectivity index (χ3n) is 4.43. The number of nitrogens with zero attached hydrogens (tertiary/aromatic N) is 2. The molecule has 2 amide bonds. The van der Waals surface area contributed by atoms with Gasteiger partial charge in [-0.15, -0.1) is 0 Å². The van der Waals surface area contributed by atoms with Crippen molar-refractivity contribution in [2.75, 3.05) is 16.8 Å². The third kappa shape index (κ3) is 3.18. The standard InChI is InChI=1S/C18H21N3O3/c1-11-16(12(2)24-20-11)6-7-18(23)19-15-5-4-14-8-9-21(13(3)22)17(14)10-15/h4-5,10H,6-9H2,1-3H3,(H,19,23). The molecule has 0 aliphatic carbocycles. The first-order valence-corrected chi connectivity index (χ1v) is 8.08. The fraction of sp³-hybridized carbons (Fsp3) is 0.389. The number of aryl methyl sites for hydroxylation is 2. The van der Waals surface area contributed by atoms with Gasteiger partial charge in [0.05, 0.1) is 5.69 Å². The minimum atomic E-state index is -0.0673. The highest BCUT2D eigenvalue weighted by Gasteiger charge is 2.22. The van der Waals surface area contributed by atoms with Gasteiger partial charge in [0.15, 0.2) is 0 Å². The number of benzene rings is 1. The highest BCUT2D eigenvalue weighted by Crippen LogP contribution is 2.31. The van der Waals surface area contributed by atoms with Crippen molar-refractivity contribution in [2.24, 2.45) is 0 Å². The first-order chi connectivity index (χ1) is 11.5. The number of anilines is 2. The first kappa shape index (κ1) is 16.2. The zero-order valence-corrected chi connectivity index (χ0v) is 14.2. The molecule has 1 aliphatic rings. The number of nitrogens with one attached hydrogen (secondary N) is 1. The van der Waals surface area contributed by atoms with Crippen molar-refractivity contribution in [2.45, 2.75) is 40.0 Å². The predicted molar refractivity (Wildman–Crippen MR) is 91.1 cm³/mol. The highest BCUT2D eigenvalue weighted by molar-refractivity contribution is 5.96. The molecule has 1 aromatic heterocycles. The van der Waals surface area contributed by atoms with Crippen molar-refractivity contribution < 1.29 is 14.1 Å². The first-order valence-electron chi connectivity index (χ1n) is 8.08. The summed E-state index contributed by atoms with van der Waals surface area (Å²) in [6, 6.07) is 5.73. The topological polar surface area (TPSA) is 75.4 Å². The van der Waals surface area contributed by atoms with E-state index in [1.165, 1.54) is 0 Å². The lowest BCUT2D eigenvalue weighted by Crippen LogP contribution is -2.25. The van der Waals surface area contributed by atoms with Gasteiger partial charge in [-0.2, -0.15) is 0 Å². The number of fused-ring (bicyclic) bond motifs is 1. The maximum Gasteiger partial charge on any atom is 0.224 e. The number of hydrogen-bond donors (Lipinski definition) is 1. The molecular weight excluding hydrogens is 306 g/mol. The van der Waals surface area contributed by atoms with Crippen LogP contribution in [0.5, 0.6) is 0 Å². The van der Waals surface area contributed by atoms with Crippen LogP contribution in [0.2, 0.25) is 0 Å². The number of hydrogen-bond acceptors (Lipinski definition) is 4. The second kappa shape index (κ2) is 6.47. The molecule has 126 valence electrons. The molecule has 1 aliphatic heterocycles. The molecule has 1 N–H and O–H groups in total. The van der Waals surface area contributed by atoms with E-state index in [0.29, 0.717) is 25.1 Å². The predicted octanol–water partition coefficient (Wildman–Crippen LogP) is 2.77. The van der Waals surface area contributed by atoms with Crippen molar-refractivity contribution in [3.8, 4) is 0 Å². The molecule has 0 saturated heterocycles. The normalized spacial score (nSPS) is 13.0. The van der Waals surface area contributed by atoms with E-state index in [1.807, 2.05) is 32.0 Å². The summed E-state index contributed by atoms with van der Waals surface area (Å²) in [5.41, 5.74) is 4.56. The minimum Gasteiger partial charge on any atom is -0.361 e. The Labute approximate surface area is 140 Å². The molecule has 2 aromatic rings. The van der Waals surface area contributed by atoms with Crippen LogP contribution in [0, 0.1) is 13.8 Å². The molecule has 3 rings (SSSR count). The highest BCUT2D eigenvalue weighted by atomic mass is 16.5. The minimum absolute atomic E-state index is 0.0237. The molecule has 6 heteroatoms. The Morgan fingerprint density at radius 3 is 2.79 bits per heavy atom. The molecular formula is C18H21N3O3. The van der Waals surface area contributed by atoms with Gasteiger partial charge in [0.1, 0.15) is 5.76 Å². The quantitative estimate of drug-likeness (QED) is 0.937. The lowest BCUT2D eigenvalue weighted by atomic mass is 10.1. The average molecular weight is 327 g/mol. The van der Waals surface area contributed by atoms with Crippen molar-refractivity contribution in [1.29, 1.82) is 0 Å². The van der Waals surface area contributed by atoms with Crippen LogP contribution in [-0.4, -0.2) is 23.5 Å². The van der Waals surface area contributed by atoms with Crippen molar-refractivity contribution in [3.63, 3.8) is 0 Å². The maximum atomic E-state index is 12.2. The van der Waals surface area contributed by atoms with E-state index < -0.39 is 0 Å². The largest absolute Gasteiger partial charge is 0.361 e. The van der Waals surface area contributed by atoms with Gasteiger partial charge in [-0.25, -0.2) is 0 Å². The fourth-order valence-corrected chi connectivity index (χ4v) is 3.10. The van der Waals surface area contributed by atoms with E-state index in [-0.39, 0.29) is 11.8 Å². The Balaban J connectivity index is 1.65. The summed E-state index contributed by atoms with van der Waals surface area (Å²) in [6.45, 7) is 5.99. The Morgan fingerprint density at radius 1 is 1.33 bits per heavy atom. The zero-order chi connectivity index (χ0) is 17.3. The molecule has 0 bridgehead atoms. The monoisotopic (exact) mass is 327 g/mol. The van der Waals surface area contributed by atoms with Crippen molar-refractivity contribution in [3.05, 3.63) is 40.8 Å². The van der Waals surface area contributed by atoms with Gasteiger partial charge in [0.25, 0.3) is 0 Å². The van der Waals surface area contributed by atoms with Gasteiger partial charge in [-0.1, -0.05) is 11.2 Å². The number of aromatic nitrogens is 1. The molecule has 0 spiro atoms. The number of carbonyl (C=O) groups is 2. The van der Waals surface area contributed by atoms with Gasteiger partial charge in [0.2, 0.25) is 11.8 Å². The van der Waals surface area contributed by atoms with Crippen LogP contribution in [0.15, 0.2) is 22.7 Å². The van der Waals surface area contributed by atoms with E-state index >= 15 is 0 Å². The summed E-state index contributed by atoms with van der Waals surface area (Å²) in [5.74, 6) is 0.716. The summed E-state index contributed by atoms with van der Waals surface area (Å²) < 4.78 is 5.11. The molecule has 0 fully saturated rings. The fourth-order valence-electron chi connectivity index (χ4n) is 3.10. The van der Waals surface area contributed by atoms with E-state index in [9.17, 15) is 9.59 Å². The molecule has 0 atom stereocenters. The zero-order valence-electron chi connectivity index (χ0n) is 14.2. The van der Waals surface area contributed by atoms with Gasteiger partial charge in [0, 0.05) is 36.8 Å². The van der Waals surface area contributed by atoms with Crippen molar-refractivity contribution >= 4 is 23.2 Å². The van der Waals surface area contributed by atoms with Gasteiger partial charge in [-0.05, 0) is 44.4 Å². The second-order valence-corrected chi connectivity index (χ2v) is 6.12. The molecule has 6 nitrogen and oxygen atoms in total. The summed E-state index contributed by atoms with van der Waals surface area (Å²) in [6.07, 6.45) is 1.81. The van der Waals surface area contributed by atoms with Gasteiger partial charge in [-0.3, -0.25) is 9.59 Å². The van der Waals surface area contributed by atoms with Crippen LogP contribution in [0.25, 0.3) is 0 Å². The molecule has 1 aromatic carbocycles. The second-order valence-electron chi connectivity index (χ2n) is 6.12. The van der Waals surface area contributed by atoms with Crippen LogP contribution in [0.3, 0.4) is 0 Å². The molecule has 0 saturated carbocycles. The maximum absolute atomic E-state index is 12.2. The van der Waals surface area contributed by atoms with E-state index in [4.69, 9.17) is 4.52 Å². The van der Waals surface area contributed by atoms with Crippen LogP contribution in [0.4, 0.5) is 11.4 Å². The number of carbonyl (C=O) groups excluding carboxylic acids is 2. The smallest absolute Gasteiger partial charge is 0.224 e. The SMILES string of the molecule is CC(=O)N1CCc2ccc(NC(=O)CCc3c(C)noc3C)cc21. The molecule has 0 radical (unpaired) electrons. The molecule has 0 unspecified atom stereocenters. The van der Waals surface area contributed by atoms with E-state index in [2.05, 4.69) is 10.5 Å². The summed E-state index contributed by atoms with van der Waals surface area (Å²) in [7, 11) is 0. The van der Waals surface area contributed by atoms with Crippen LogP contribution in [-0.2, 0) is 22.4 Å². The van der Waals surface area contributed by atoms with Gasteiger partial charge >= 0.3 is 0 Å². The van der Waals surface area contributed by atoms with Crippen molar-refractivity contribution in [1.82, 2.24) is 5.16 Å². The molecule has 2 heterocycles. The summed E-state index contributed by atoms with van der Waals surface area (Å²) >= 11 is 0. The lowest BCUT2D eigenvalue weighted by Gasteiger charge is -2.15. The van der Waals surface area contributed by atoms with Crippen LogP contribution >= 0.6 is 0 Å². The summed E-state index contributed by atoms with van der Waals surface area (Å²) in [4.78, 5) is 25.6. The molecule has 24 heavy (non-hydrogen) atoms. The number of amides is 2. The Bertz CT molecular complexity index is 775. The summed E-state index contributed by atoms with van der Waals surface area (Å²) in [5, 5.41) is 6.80. The van der Waals surface area contributed by atoms with E-state index in [0.717, 1.165) is 34.7 Å². The van der Waals surface area contributed by atoms with E-state index in [1.54, 1.807) is 11.8 Å².